The zero-order chi connectivity index (χ0) is 12.8. The van der Waals surface area contributed by atoms with E-state index in [9.17, 15) is 5.11 Å². The molecule has 0 saturated carbocycles. The van der Waals surface area contributed by atoms with E-state index in [0.29, 0.717) is 12.4 Å². The van der Waals surface area contributed by atoms with Gasteiger partial charge >= 0.3 is 0 Å². The van der Waals surface area contributed by atoms with Crippen LogP contribution in [0.1, 0.15) is 18.6 Å². The Morgan fingerprint density at radius 1 is 1.35 bits per heavy atom. The molecule has 0 aliphatic carbocycles. The molecule has 0 radical (unpaired) electrons. The zero-order valence-electron chi connectivity index (χ0n) is 10.9. The van der Waals surface area contributed by atoms with Crippen LogP contribution in [0.3, 0.4) is 0 Å². The molecule has 96 valence electrons. The van der Waals surface area contributed by atoms with E-state index in [2.05, 4.69) is 0 Å². The molecule has 1 N–H and O–H groups in total. The molecule has 1 unspecified atom stereocenters. The fourth-order valence-electron chi connectivity index (χ4n) is 1.45. The first-order chi connectivity index (χ1) is 8.04. The number of aliphatic hydroxyl groups is 1. The Balaban J connectivity index is 2.78. The van der Waals surface area contributed by atoms with Crippen molar-refractivity contribution in [3.8, 4) is 11.5 Å². The summed E-state index contributed by atoms with van der Waals surface area (Å²) >= 11 is 0. The summed E-state index contributed by atoms with van der Waals surface area (Å²) in [6.07, 6.45) is -0.546. The molecule has 0 amide bonds. The summed E-state index contributed by atoms with van der Waals surface area (Å²) in [5, 5.41) is 9.65. The molecule has 1 rings (SSSR count). The van der Waals surface area contributed by atoms with Crippen molar-refractivity contribution < 1.29 is 14.6 Å². The van der Waals surface area contributed by atoms with Gasteiger partial charge in [-0.05, 0) is 33.2 Å². The van der Waals surface area contributed by atoms with Crippen LogP contribution in [0.25, 0.3) is 0 Å². The number of likely N-dealkylation sites (N-methyl/N-ethyl adjacent to an activating group) is 1. The van der Waals surface area contributed by atoms with Crippen LogP contribution in [-0.4, -0.2) is 44.4 Å². The Morgan fingerprint density at radius 3 is 2.59 bits per heavy atom. The summed E-state index contributed by atoms with van der Waals surface area (Å²) < 4.78 is 10.8. The van der Waals surface area contributed by atoms with Crippen LogP contribution < -0.4 is 9.47 Å². The zero-order valence-corrected chi connectivity index (χ0v) is 10.9. The highest BCUT2D eigenvalue weighted by atomic mass is 16.5. The van der Waals surface area contributed by atoms with Gasteiger partial charge in [-0.3, -0.25) is 0 Å². The van der Waals surface area contributed by atoms with Gasteiger partial charge in [0.05, 0.1) is 13.2 Å². The number of benzene rings is 1. The lowest BCUT2D eigenvalue weighted by molar-refractivity contribution is 0.188. The second-order valence-corrected chi connectivity index (χ2v) is 4.23. The van der Waals surface area contributed by atoms with Gasteiger partial charge < -0.3 is 19.5 Å². The number of hydrogen-bond acceptors (Lipinski definition) is 4. The number of methoxy groups -OCH3 is 1. The topological polar surface area (TPSA) is 41.9 Å². The van der Waals surface area contributed by atoms with Crippen LogP contribution in [0.5, 0.6) is 11.5 Å². The molecule has 1 aromatic rings. The highest BCUT2D eigenvalue weighted by Gasteiger charge is 2.10. The second kappa shape index (κ2) is 6.47. The van der Waals surface area contributed by atoms with E-state index in [-0.39, 0.29) is 0 Å². The van der Waals surface area contributed by atoms with Gasteiger partial charge in [-0.15, -0.1) is 0 Å². The van der Waals surface area contributed by atoms with Crippen LogP contribution in [0.2, 0.25) is 0 Å². The Bertz CT molecular complexity index is 351. The van der Waals surface area contributed by atoms with Gasteiger partial charge in [0.15, 0.2) is 0 Å². The smallest absolute Gasteiger partial charge is 0.128 e. The lowest BCUT2D eigenvalue weighted by Crippen LogP contribution is -2.19. The summed E-state index contributed by atoms with van der Waals surface area (Å²) in [5.41, 5.74) is 0.782. The minimum Gasteiger partial charge on any atom is -0.497 e. The normalized spacial score (nSPS) is 12.6. The molecular weight excluding hydrogens is 218 g/mol. The summed E-state index contributed by atoms with van der Waals surface area (Å²) in [6, 6.07) is 5.45. The van der Waals surface area contributed by atoms with E-state index < -0.39 is 6.10 Å². The van der Waals surface area contributed by atoms with E-state index in [4.69, 9.17) is 9.47 Å². The maximum Gasteiger partial charge on any atom is 0.128 e. The Kier molecular flexibility index (Phi) is 5.25. The number of ether oxygens (including phenoxy) is 2. The van der Waals surface area contributed by atoms with Crippen molar-refractivity contribution in [1.82, 2.24) is 4.90 Å². The molecule has 0 aliphatic rings. The van der Waals surface area contributed by atoms with Crippen LogP contribution in [-0.2, 0) is 0 Å². The van der Waals surface area contributed by atoms with Gasteiger partial charge in [0.1, 0.15) is 18.1 Å². The molecular formula is C13H21NO3. The van der Waals surface area contributed by atoms with Crippen molar-refractivity contribution in [2.75, 3.05) is 34.4 Å². The molecule has 0 heterocycles. The Morgan fingerprint density at radius 2 is 2.06 bits per heavy atom. The highest BCUT2D eigenvalue weighted by Crippen LogP contribution is 2.29. The molecule has 17 heavy (non-hydrogen) atoms. The summed E-state index contributed by atoms with van der Waals surface area (Å²) in [6.45, 7) is 3.14. The van der Waals surface area contributed by atoms with E-state index in [1.807, 2.05) is 31.1 Å². The van der Waals surface area contributed by atoms with Crippen molar-refractivity contribution >= 4 is 0 Å². The summed E-state index contributed by atoms with van der Waals surface area (Å²) in [5.74, 6) is 1.41. The average molecular weight is 239 g/mol. The maximum absolute atomic E-state index is 9.65. The minimum atomic E-state index is -0.546. The van der Waals surface area contributed by atoms with Crippen LogP contribution >= 0.6 is 0 Å². The first-order valence-electron chi connectivity index (χ1n) is 5.68. The molecule has 0 bridgehead atoms. The van der Waals surface area contributed by atoms with Gasteiger partial charge in [0, 0.05) is 18.2 Å². The van der Waals surface area contributed by atoms with Gasteiger partial charge in [-0.1, -0.05) is 0 Å². The van der Waals surface area contributed by atoms with Crippen LogP contribution in [0, 0.1) is 0 Å². The quantitative estimate of drug-likeness (QED) is 0.820. The third-order valence-electron chi connectivity index (χ3n) is 2.47. The standard InChI is InChI=1S/C13H21NO3/c1-10(15)12-6-5-11(16-4)9-13(12)17-8-7-14(2)3/h5-6,9-10,15H,7-8H2,1-4H3. The summed E-state index contributed by atoms with van der Waals surface area (Å²) in [7, 11) is 5.59. The van der Waals surface area contributed by atoms with Crippen molar-refractivity contribution in [2.45, 2.75) is 13.0 Å². The molecule has 4 nitrogen and oxygen atoms in total. The van der Waals surface area contributed by atoms with E-state index in [1.165, 1.54) is 0 Å². The number of aliphatic hydroxyl groups excluding tert-OH is 1. The minimum absolute atomic E-state index is 0.546. The number of nitrogens with zero attached hydrogens (tertiary/aromatic N) is 1. The third kappa shape index (κ3) is 4.24. The largest absolute Gasteiger partial charge is 0.497 e. The van der Waals surface area contributed by atoms with Gasteiger partial charge in [0.25, 0.3) is 0 Å². The molecule has 4 heteroatoms. The van der Waals surface area contributed by atoms with Crippen molar-refractivity contribution in [3.63, 3.8) is 0 Å². The van der Waals surface area contributed by atoms with Gasteiger partial charge in [0.2, 0.25) is 0 Å². The number of rotatable bonds is 6. The van der Waals surface area contributed by atoms with E-state index >= 15 is 0 Å². The van der Waals surface area contributed by atoms with E-state index in [0.717, 1.165) is 17.9 Å². The monoisotopic (exact) mass is 239 g/mol. The lowest BCUT2D eigenvalue weighted by atomic mass is 10.1. The van der Waals surface area contributed by atoms with Crippen molar-refractivity contribution in [1.29, 1.82) is 0 Å². The highest BCUT2D eigenvalue weighted by molar-refractivity contribution is 5.41. The van der Waals surface area contributed by atoms with Crippen LogP contribution in [0.15, 0.2) is 18.2 Å². The lowest BCUT2D eigenvalue weighted by Gasteiger charge is -2.16. The predicted molar refractivity (Wildman–Crippen MR) is 67.7 cm³/mol. The van der Waals surface area contributed by atoms with E-state index in [1.54, 1.807) is 20.1 Å². The predicted octanol–water partition coefficient (Wildman–Crippen LogP) is 1.69. The molecule has 0 fully saturated rings. The third-order valence-corrected chi connectivity index (χ3v) is 2.47. The van der Waals surface area contributed by atoms with Gasteiger partial charge in [-0.25, -0.2) is 0 Å². The fraction of sp³-hybridized carbons (Fsp3) is 0.538. The average Bonchev–Trinajstić information content (AvgIpc) is 2.28. The second-order valence-electron chi connectivity index (χ2n) is 4.23. The molecule has 0 saturated heterocycles. The van der Waals surface area contributed by atoms with Gasteiger partial charge in [-0.2, -0.15) is 0 Å². The molecule has 0 spiro atoms. The SMILES string of the molecule is COc1ccc(C(C)O)c(OCCN(C)C)c1. The Hall–Kier alpha value is -1.26. The van der Waals surface area contributed by atoms with Crippen LogP contribution in [0.4, 0.5) is 0 Å². The van der Waals surface area contributed by atoms with Crippen molar-refractivity contribution in [2.24, 2.45) is 0 Å². The van der Waals surface area contributed by atoms with Crippen molar-refractivity contribution in [3.05, 3.63) is 23.8 Å². The molecule has 1 aromatic carbocycles. The first-order valence-corrected chi connectivity index (χ1v) is 5.68. The maximum atomic E-state index is 9.65. The molecule has 1 atom stereocenters. The summed E-state index contributed by atoms with van der Waals surface area (Å²) in [4.78, 5) is 2.04. The number of hydrogen-bond donors (Lipinski definition) is 1. The first kappa shape index (κ1) is 13.8. The fourth-order valence-corrected chi connectivity index (χ4v) is 1.45. The molecule has 0 aliphatic heterocycles. The Labute approximate surface area is 103 Å². The molecule has 0 aromatic heterocycles.